The van der Waals surface area contributed by atoms with Gasteiger partial charge in [0, 0.05) is 25.8 Å². The second-order valence-electron chi connectivity index (χ2n) is 5.19. The van der Waals surface area contributed by atoms with Gasteiger partial charge in [-0.1, -0.05) is 27.2 Å². The van der Waals surface area contributed by atoms with Crippen LogP contribution >= 0.6 is 0 Å². The fourth-order valence-electron chi connectivity index (χ4n) is 1.96. The van der Waals surface area contributed by atoms with E-state index in [1.165, 1.54) is 12.0 Å². The summed E-state index contributed by atoms with van der Waals surface area (Å²) in [5, 5.41) is 3.33. The average molecular weight is 249 g/mol. The predicted molar refractivity (Wildman–Crippen MR) is 78.8 cm³/mol. The van der Waals surface area contributed by atoms with Crippen molar-refractivity contribution < 1.29 is 0 Å². The van der Waals surface area contributed by atoms with Gasteiger partial charge in [-0.05, 0) is 37.1 Å². The molecule has 1 heterocycles. The summed E-state index contributed by atoms with van der Waals surface area (Å²) >= 11 is 0. The van der Waals surface area contributed by atoms with Gasteiger partial charge in [0.25, 0.3) is 0 Å². The summed E-state index contributed by atoms with van der Waals surface area (Å²) in [6.07, 6.45) is 4.26. The molecule has 0 radical (unpaired) electrons. The Hall–Kier alpha value is -1.09. The highest BCUT2D eigenvalue weighted by Crippen LogP contribution is 2.11. The summed E-state index contributed by atoms with van der Waals surface area (Å²) < 4.78 is 0. The Morgan fingerprint density at radius 3 is 2.83 bits per heavy atom. The second-order valence-corrected chi connectivity index (χ2v) is 5.19. The molecule has 0 aliphatic heterocycles. The van der Waals surface area contributed by atoms with E-state index in [-0.39, 0.29) is 0 Å². The lowest BCUT2D eigenvalue weighted by Crippen LogP contribution is -2.23. The molecule has 3 nitrogen and oxygen atoms in total. The third-order valence-corrected chi connectivity index (χ3v) is 3.15. The zero-order chi connectivity index (χ0) is 13.4. The molecule has 0 aliphatic rings. The number of anilines is 1. The van der Waals surface area contributed by atoms with Gasteiger partial charge in [0.1, 0.15) is 5.82 Å². The number of hydrogen-bond donors (Lipinski definition) is 1. The lowest BCUT2D eigenvalue weighted by atomic mass is 10.1. The highest BCUT2D eigenvalue weighted by Gasteiger charge is 2.05. The van der Waals surface area contributed by atoms with E-state index in [9.17, 15) is 0 Å². The zero-order valence-electron chi connectivity index (χ0n) is 12.2. The van der Waals surface area contributed by atoms with E-state index in [4.69, 9.17) is 0 Å². The van der Waals surface area contributed by atoms with Gasteiger partial charge in [0.2, 0.25) is 0 Å². The van der Waals surface area contributed by atoms with Gasteiger partial charge in [-0.15, -0.1) is 0 Å². The van der Waals surface area contributed by atoms with Crippen LogP contribution in [0.4, 0.5) is 5.82 Å². The molecular formula is C15H27N3. The minimum atomic E-state index is 0.759. The van der Waals surface area contributed by atoms with E-state index in [0.29, 0.717) is 0 Å². The van der Waals surface area contributed by atoms with E-state index in [1.54, 1.807) is 0 Å². The van der Waals surface area contributed by atoms with Crippen LogP contribution < -0.4 is 5.32 Å². The summed E-state index contributed by atoms with van der Waals surface area (Å²) in [6, 6.07) is 4.26. The lowest BCUT2D eigenvalue weighted by molar-refractivity contribution is 0.275. The molecule has 1 aromatic heterocycles. The molecule has 1 atom stereocenters. The molecule has 18 heavy (non-hydrogen) atoms. The Bertz CT molecular complexity index is 338. The summed E-state index contributed by atoms with van der Waals surface area (Å²) in [4.78, 5) is 6.71. The van der Waals surface area contributed by atoms with Crippen LogP contribution in [0.5, 0.6) is 0 Å². The summed E-state index contributed by atoms with van der Waals surface area (Å²) in [5.41, 5.74) is 1.33. The Morgan fingerprint density at radius 2 is 2.17 bits per heavy atom. The van der Waals surface area contributed by atoms with Crippen molar-refractivity contribution in [2.45, 2.75) is 40.2 Å². The van der Waals surface area contributed by atoms with Crippen molar-refractivity contribution in [1.29, 1.82) is 0 Å². The Kier molecular flexibility index (Phi) is 6.73. The SMILES string of the molecule is CCCNc1cc(CN(C)CC(C)CC)ccn1. The molecule has 1 aromatic rings. The maximum Gasteiger partial charge on any atom is 0.126 e. The van der Waals surface area contributed by atoms with Gasteiger partial charge < -0.3 is 10.2 Å². The normalized spacial score (nSPS) is 12.7. The van der Waals surface area contributed by atoms with Crippen molar-refractivity contribution in [3.05, 3.63) is 23.9 Å². The fraction of sp³-hybridized carbons (Fsp3) is 0.667. The smallest absolute Gasteiger partial charge is 0.126 e. The molecule has 3 heteroatoms. The van der Waals surface area contributed by atoms with Gasteiger partial charge in [0.15, 0.2) is 0 Å². The van der Waals surface area contributed by atoms with Crippen LogP contribution in [-0.4, -0.2) is 30.0 Å². The van der Waals surface area contributed by atoms with Crippen molar-refractivity contribution in [2.75, 3.05) is 25.5 Å². The summed E-state index contributed by atoms with van der Waals surface area (Å²) in [7, 11) is 2.19. The molecule has 0 aliphatic carbocycles. The number of nitrogens with zero attached hydrogens (tertiary/aromatic N) is 2. The molecule has 1 rings (SSSR count). The fourth-order valence-corrected chi connectivity index (χ4v) is 1.96. The van der Waals surface area contributed by atoms with Crippen LogP contribution in [0.15, 0.2) is 18.3 Å². The molecule has 1 unspecified atom stereocenters. The number of aromatic nitrogens is 1. The van der Waals surface area contributed by atoms with Crippen LogP contribution in [0, 0.1) is 5.92 Å². The number of nitrogens with one attached hydrogen (secondary N) is 1. The Labute approximate surface area is 112 Å². The lowest BCUT2D eigenvalue weighted by Gasteiger charge is -2.20. The first kappa shape index (κ1) is 15.0. The van der Waals surface area contributed by atoms with Gasteiger partial charge in [-0.2, -0.15) is 0 Å². The number of pyridine rings is 1. The molecule has 0 spiro atoms. The molecule has 0 saturated carbocycles. The van der Waals surface area contributed by atoms with E-state index in [1.807, 2.05) is 6.20 Å². The number of rotatable bonds is 8. The van der Waals surface area contributed by atoms with Crippen molar-refractivity contribution >= 4 is 5.82 Å². The second kappa shape index (κ2) is 8.09. The van der Waals surface area contributed by atoms with Crippen LogP contribution in [0.25, 0.3) is 0 Å². The van der Waals surface area contributed by atoms with Crippen LogP contribution in [0.1, 0.15) is 39.2 Å². The Morgan fingerprint density at radius 1 is 1.39 bits per heavy atom. The van der Waals surface area contributed by atoms with Gasteiger partial charge >= 0.3 is 0 Å². The van der Waals surface area contributed by atoms with Crippen molar-refractivity contribution in [1.82, 2.24) is 9.88 Å². The third-order valence-electron chi connectivity index (χ3n) is 3.15. The molecule has 0 saturated heterocycles. The van der Waals surface area contributed by atoms with Gasteiger partial charge in [0.05, 0.1) is 0 Å². The van der Waals surface area contributed by atoms with E-state index in [2.05, 4.69) is 55.2 Å². The Balaban J connectivity index is 2.50. The average Bonchev–Trinajstić information content (AvgIpc) is 2.36. The summed E-state index contributed by atoms with van der Waals surface area (Å²) in [6.45, 7) is 9.84. The molecular weight excluding hydrogens is 222 g/mol. The molecule has 0 amide bonds. The standard InChI is InChI=1S/C15H27N3/c1-5-8-16-15-10-14(7-9-17-15)12-18(4)11-13(3)6-2/h7,9-10,13H,5-6,8,11-12H2,1-4H3,(H,16,17). The largest absolute Gasteiger partial charge is 0.370 e. The van der Waals surface area contributed by atoms with E-state index >= 15 is 0 Å². The minimum Gasteiger partial charge on any atom is -0.370 e. The molecule has 1 N–H and O–H groups in total. The molecule has 102 valence electrons. The first-order chi connectivity index (χ1) is 8.65. The quantitative estimate of drug-likeness (QED) is 0.765. The highest BCUT2D eigenvalue weighted by atomic mass is 15.1. The first-order valence-corrected chi connectivity index (χ1v) is 7.03. The topological polar surface area (TPSA) is 28.2 Å². The maximum atomic E-state index is 4.33. The minimum absolute atomic E-state index is 0.759. The van der Waals surface area contributed by atoms with Gasteiger partial charge in [-0.3, -0.25) is 0 Å². The number of hydrogen-bond acceptors (Lipinski definition) is 3. The monoisotopic (exact) mass is 249 g/mol. The first-order valence-electron chi connectivity index (χ1n) is 7.03. The van der Waals surface area contributed by atoms with Crippen LogP contribution in [-0.2, 0) is 6.54 Å². The van der Waals surface area contributed by atoms with E-state index in [0.717, 1.165) is 37.8 Å². The van der Waals surface area contributed by atoms with Crippen molar-refractivity contribution in [3.8, 4) is 0 Å². The van der Waals surface area contributed by atoms with E-state index < -0.39 is 0 Å². The predicted octanol–water partition coefficient (Wildman–Crippen LogP) is 3.38. The summed E-state index contributed by atoms with van der Waals surface area (Å²) in [5.74, 6) is 1.75. The maximum absolute atomic E-state index is 4.33. The van der Waals surface area contributed by atoms with Crippen LogP contribution in [0.2, 0.25) is 0 Å². The molecule has 0 bridgehead atoms. The van der Waals surface area contributed by atoms with Crippen LogP contribution in [0.3, 0.4) is 0 Å². The van der Waals surface area contributed by atoms with Crippen molar-refractivity contribution in [3.63, 3.8) is 0 Å². The molecule has 0 aromatic carbocycles. The van der Waals surface area contributed by atoms with Crippen molar-refractivity contribution in [2.24, 2.45) is 5.92 Å². The zero-order valence-corrected chi connectivity index (χ0v) is 12.2. The third kappa shape index (κ3) is 5.50. The molecule has 0 fully saturated rings. The van der Waals surface area contributed by atoms with Gasteiger partial charge in [-0.25, -0.2) is 4.98 Å². The highest BCUT2D eigenvalue weighted by molar-refractivity contribution is 5.37.